The Morgan fingerprint density at radius 3 is 1.03 bits per heavy atom. The van der Waals surface area contributed by atoms with Crippen LogP contribution in [0.2, 0.25) is 0 Å². The number of hydrogen-bond acceptors (Lipinski definition) is 4. The molecule has 0 bridgehead atoms. The fourth-order valence-electron chi connectivity index (χ4n) is 12.9. The SMILES string of the molecule is CC(C)(C)c1cccc(Oc2cc(Oc3cccc(-c4ccccc4)c3C(C)(C)C)cc(N(c3cc(N(c4cccc(-c5ccccc5)c4)c4c(-c5ccccc5)cccc4-c4ccccc4)cc(C(C)(C)C)c3)c3c(-c4ccccc4)cccc3-c3ccccc3)c2)c1. The van der Waals surface area contributed by atoms with Crippen molar-refractivity contribution in [3.63, 3.8) is 0 Å². The van der Waals surface area contributed by atoms with Gasteiger partial charge in [0.05, 0.1) is 17.1 Å². The number of anilines is 6. The Balaban J connectivity index is 1.15. The Morgan fingerprint density at radius 1 is 0.223 bits per heavy atom. The Bertz CT molecular complexity index is 4640. The van der Waals surface area contributed by atoms with Crippen molar-refractivity contribution in [2.45, 2.75) is 78.6 Å². The molecule has 462 valence electrons. The van der Waals surface area contributed by atoms with Crippen LogP contribution >= 0.6 is 0 Å². The Morgan fingerprint density at radius 2 is 0.585 bits per heavy atom. The van der Waals surface area contributed by atoms with Gasteiger partial charge in [-0.1, -0.05) is 317 Å². The summed E-state index contributed by atoms with van der Waals surface area (Å²) < 4.78 is 14.8. The standard InChI is InChI=1S/C90H80N2O2/c1-88(2,3)70-46-29-48-76(58-70)93-77-60-75(61-78(62-77)94-84-54-32-49-79(85(84)90(7,8)9)64-35-18-11-19-36-64)92(87-82(67-41-24-14-25-42-67)52-31-53-83(87)68-43-26-15-27-44-68)74-57-71(89(4,5)6)56-73(59-74)91(72-47-28-45-69(55-72)63-33-16-10-17-34-63)86-80(65-37-20-12-21-38-65)50-30-51-81(86)66-39-22-13-23-40-66/h10-62H,1-9H3. The van der Waals surface area contributed by atoms with Crippen LogP contribution in [-0.2, 0) is 16.2 Å². The summed E-state index contributed by atoms with van der Waals surface area (Å²) in [6, 6.07) is 116. The molecule has 0 radical (unpaired) electrons. The molecule has 0 spiro atoms. The van der Waals surface area contributed by atoms with E-state index in [1.54, 1.807) is 0 Å². The van der Waals surface area contributed by atoms with Gasteiger partial charge in [-0.15, -0.1) is 0 Å². The third-order valence-corrected chi connectivity index (χ3v) is 17.5. The lowest BCUT2D eigenvalue weighted by atomic mass is 9.81. The maximum Gasteiger partial charge on any atom is 0.133 e. The molecule has 0 atom stereocenters. The van der Waals surface area contributed by atoms with Gasteiger partial charge in [0.2, 0.25) is 0 Å². The summed E-state index contributed by atoms with van der Waals surface area (Å²) in [7, 11) is 0. The highest BCUT2D eigenvalue weighted by molar-refractivity contribution is 6.01. The van der Waals surface area contributed by atoms with Crippen LogP contribution in [0, 0.1) is 0 Å². The monoisotopic (exact) mass is 1220 g/mol. The zero-order valence-corrected chi connectivity index (χ0v) is 55.3. The van der Waals surface area contributed by atoms with Gasteiger partial charge in [-0.25, -0.2) is 0 Å². The van der Waals surface area contributed by atoms with E-state index in [1.807, 2.05) is 0 Å². The molecule has 0 N–H and O–H groups in total. The summed E-state index contributed by atoms with van der Waals surface area (Å²) in [6.07, 6.45) is 0. The van der Waals surface area contributed by atoms with E-state index in [0.717, 1.165) is 124 Å². The number of para-hydroxylation sites is 2. The van der Waals surface area contributed by atoms with Crippen molar-refractivity contribution in [3.8, 4) is 89.8 Å². The van der Waals surface area contributed by atoms with Gasteiger partial charge in [0.1, 0.15) is 23.0 Å². The summed E-state index contributed by atoms with van der Waals surface area (Å²) >= 11 is 0. The minimum atomic E-state index is -0.360. The molecular formula is C90H80N2O2. The number of rotatable bonds is 16. The summed E-state index contributed by atoms with van der Waals surface area (Å²) in [5.41, 5.74) is 21.6. The van der Waals surface area contributed by atoms with Gasteiger partial charge in [-0.2, -0.15) is 0 Å². The molecule has 13 rings (SSSR count). The highest BCUT2D eigenvalue weighted by atomic mass is 16.5. The van der Waals surface area contributed by atoms with Crippen LogP contribution in [0.3, 0.4) is 0 Å². The molecule has 0 aliphatic heterocycles. The molecule has 4 heteroatoms. The van der Waals surface area contributed by atoms with Gasteiger partial charge in [-0.05, 0) is 120 Å². The van der Waals surface area contributed by atoms with Crippen LogP contribution in [0.15, 0.2) is 322 Å². The molecule has 94 heavy (non-hydrogen) atoms. The minimum absolute atomic E-state index is 0.121. The van der Waals surface area contributed by atoms with Crippen LogP contribution in [0.5, 0.6) is 23.0 Å². The topological polar surface area (TPSA) is 24.9 Å². The molecule has 0 saturated carbocycles. The maximum absolute atomic E-state index is 7.55. The average molecular weight is 1220 g/mol. The molecule has 0 aromatic heterocycles. The first kappa shape index (κ1) is 61.9. The summed E-state index contributed by atoms with van der Waals surface area (Å²) in [5.74, 6) is 2.74. The van der Waals surface area contributed by atoms with Gasteiger partial charge >= 0.3 is 0 Å². The molecule has 13 aromatic carbocycles. The van der Waals surface area contributed by atoms with Crippen LogP contribution in [0.4, 0.5) is 34.1 Å². The lowest BCUT2D eigenvalue weighted by Gasteiger charge is -2.35. The average Bonchev–Trinajstić information content (AvgIpc) is 0.751. The predicted octanol–water partition coefficient (Wildman–Crippen LogP) is 26.1. The van der Waals surface area contributed by atoms with Crippen molar-refractivity contribution in [2.75, 3.05) is 9.80 Å². The van der Waals surface area contributed by atoms with Crippen LogP contribution in [-0.4, -0.2) is 0 Å². The van der Waals surface area contributed by atoms with Crippen molar-refractivity contribution < 1.29 is 9.47 Å². The van der Waals surface area contributed by atoms with E-state index >= 15 is 0 Å². The van der Waals surface area contributed by atoms with E-state index in [-0.39, 0.29) is 16.2 Å². The second-order valence-electron chi connectivity index (χ2n) is 27.4. The molecule has 0 unspecified atom stereocenters. The summed E-state index contributed by atoms with van der Waals surface area (Å²) in [6.45, 7) is 20.5. The molecular weight excluding hydrogens is 1140 g/mol. The fourth-order valence-corrected chi connectivity index (χ4v) is 12.9. The summed E-state index contributed by atoms with van der Waals surface area (Å²) in [4.78, 5) is 4.98. The lowest BCUT2D eigenvalue weighted by molar-refractivity contribution is 0.445. The quantitative estimate of drug-likeness (QED) is 0.0963. The van der Waals surface area contributed by atoms with Crippen molar-refractivity contribution in [3.05, 3.63) is 338 Å². The number of ether oxygens (including phenoxy) is 2. The maximum atomic E-state index is 7.55. The predicted molar refractivity (Wildman–Crippen MR) is 398 cm³/mol. The molecule has 4 nitrogen and oxygen atoms in total. The van der Waals surface area contributed by atoms with Crippen molar-refractivity contribution >= 4 is 34.1 Å². The fraction of sp³-hybridized carbons (Fsp3) is 0.133. The largest absolute Gasteiger partial charge is 0.457 e. The number of benzene rings is 13. The van der Waals surface area contributed by atoms with Gasteiger partial charge in [0.25, 0.3) is 0 Å². The first-order chi connectivity index (χ1) is 45.5. The van der Waals surface area contributed by atoms with Crippen molar-refractivity contribution in [1.82, 2.24) is 0 Å². The van der Waals surface area contributed by atoms with E-state index in [0.29, 0.717) is 11.5 Å². The van der Waals surface area contributed by atoms with E-state index < -0.39 is 0 Å². The minimum Gasteiger partial charge on any atom is -0.457 e. The molecule has 13 aromatic rings. The lowest BCUT2D eigenvalue weighted by Crippen LogP contribution is -2.19. The van der Waals surface area contributed by atoms with E-state index in [1.165, 1.54) is 5.56 Å². The Kier molecular flexibility index (Phi) is 17.3. The van der Waals surface area contributed by atoms with Crippen LogP contribution in [0.1, 0.15) is 79.0 Å². The molecule has 0 amide bonds. The van der Waals surface area contributed by atoms with E-state index in [4.69, 9.17) is 9.47 Å². The molecule has 0 aliphatic rings. The highest BCUT2D eigenvalue weighted by Crippen LogP contribution is 2.54. The number of nitrogens with zero attached hydrogens (tertiary/aromatic N) is 2. The highest BCUT2D eigenvalue weighted by Gasteiger charge is 2.31. The second kappa shape index (κ2) is 26.3. The second-order valence-corrected chi connectivity index (χ2v) is 27.4. The zero-order valence-electron chi connectivity index (χ0n) is 55.3. The normalized spacial score (nSPS) is 11.7. The third kappa shape index (κ3) is 13.4. The number of hydrogen-bond donors (Lipinski definition) is 0. The van der Waals surface area contributed by atoms with Crippen LogP contribution in [0.25, 0.3) is 66.8 Å². The van der Waals surface area contributed by atoms with Gasteiger partial charge in [-0.3, -0.25) is 0 Å². The zero-order chi connectivity index (χ0) is 65.0. The van der Waals surface area contributed by atoms with Gasteiger partial charge in [0, 0.05) is 63.1 Å². The van der Waals surface area contributed by atoms with Gasteiger partial charge in [0.15, 0.2) is 0 Å². The van der Waals surface area contributed by atoms with Crippen molar-refractivity contribution in [2.24, 2.45) is 0 Å². The third-order valence-electron chi connectivity index (χ3n) is 17.5. The smallest absolute Gasteiger partial charge is 0.133 e. The molecule has 0 fully saturated rings. The Labute approximate surface area is 556 Å². The Hall–Kier alpha value is -10.9. The molecule has 0 heterocycles. The van der Waals surface area contributed by atoms with E-state index in [2.05, 4.69) is 394 Å². The first-order valence-electron chi connectivity index (χ1n) is 32.7. The van der Waals surface area contributed by atoms with Crippen LogP contribution < -0.4 is 19.3 Å². The van der Waals surface area contributed by atoms with Crippen molar-refractivity contribution in [1.29, 1.82) is 0 Å². The van der Waals surface area contributed by atoms with E-state index in [9.17, 15) is 0 Å². The molecule has 0 aliphatic carbocycles. The van der Waals surface area contributed by atoms with Gasteiger partial charge < -0.3 is 19.3 Å². The first-order valence-corrected chi connectivity index (χ1v) is 32.7. The molecule has 0 saturated heterocycles. The summed E-state index contributed by atoms with van der Waals surface area (Å²) in [5, 5.41) is 0.